The van der Waals surface area contributed by atoms with Crippen molar-refractivity contribution in [2.24, 2.45) is 0 Å². The van der Waals surface area contributed by atoms with E-state index in [0.717, 1.165) is 24.3 Å². The van der Waals surface area contributed by atoms with Crippen LogP contribution in [0.5, 0.6) is 34.5 Å². The number of benzene rings is 2. The molecule has 0 aliphatic rings. The van der Waals surface area contributed by atoms with Gasteiger partial charge in [0.2, 0.25) is 0 Å². The second-order valence-corrected chi connectivity index (χ2v) is 4.77. The second kappa shape index (κ2) is 7.77. The van der Waals surface area contributed by atoms with Crippen LogP contribution in [0.2, 0.25) is 0 Å². The third-order valence-corrected chi connectivity index (χ3v) is 2.97. The zero-order valence-electron chi connectivity index (χ0n) is 13.2. The highest BCUT2D eigenvalue weighted by Crippen LogP contribution is 2.36. The molecule has 0 amide bonds. The molecule has 2 aromatic rings. The Kier molecular flexibility index (Phi) is 6.04. The van der Waals surface area contributed by atoms with Crippen molar-refractivity contribution in [3.63, 3.8) is 0 Å². The number of phenols is 6. The van der Waals surface area contributed by atoms with Crippen LogP contribution in [0, 0.1) is 0 Å². The summed E-state index contributed by atoms with van der Waals surface area (Å²) in [5.74, 6) is -4.40. The number of hydrogen-bond donors (Lipinski definition) is 6. The van der Waals surface area contributed by atoms with Gasteiger partial charge in [-0.3, -0.25) is 4.79 Å². The van der Waals surface area contributed by atoms with Crippen molar-refractivity contribution in [1.29, 1.82) is 0 Å². The van der Waals surface area contributed by atoms with Gasteiger partial charge in [0, 0.05) is 5.56 Å². The molecule has 0 aliphatic carbocycles. The largest absolute Gasteiger partial charge is 0.504 e. The first-order valence-electron chi connectivity index (χ1n) is 6.67. The Hall–Kier alpha value is -3.62. The molecule has 0 saturated heterocycles. The molecule has 0 unspecified atom stereocenters. The van der Waals surface area contributed by atoms with Crippen LogP contribution in [-0.2, 0) is 4.74 Å². The van der Waals surface area contributed by atoms with E-state index in [1.165, 1.54) is 14.0 Å². The van der Waals surface area contributed by atoms with Crippen molar-refractivity contribution >= 4 is 11.8 Å². The summed E-state index contributed by atoms with van der Waals surface area (Å²) >= 11 is 0. The fraction of sp³-hybridized carbons (Fsp3) is 0.125. The summed E-state index contributed by atoms with van der Waals surface area (Å²) in [7, 11) is 1.17. The van der Waals surface area contributed by atoms with E-state index in [0.29, 0.717) is 0 Å². The Labute approximate surface area is 141 Å². The molecule has 0 fully saturated rings. The summed E-state index contributed by atoms with van der Waals surface area (Å²) in [6, 6.07) is 4.19. The molecule has 6 N–H and O–H groups in total. The fourth-order valence-corrected chi connectivity index (χ4v) is 1.65. The van der Waals surface area contributed by atoms with E-state index in [-0.39, 0.29) is 16.9 Å². The molecule has 0 radical (unpaired) electrons. The normalized spacial score (nSPS) is 9.68. The molecule has 0 atom stereocenters. The van der Waals surface area contributed by atoms with Crippen LogP contribution in [0.15, 0.2) is 24.3 Å². The first-order valence-corrected chi connectivity index (χ1v) is 6.67. The SMILES string of the molecule is CC(=O)c1cc(O)c(O)c(O)c1.COC(=O)c1cc(O)c(O)c(O)c1. The van der Waals surface area contributed by atoms with Crippen molar-refractivity contribution in [2.75, 3.05) is 7.11 Å². The Morgan fingerprint density at radius 3 is 1.32 bits per heavy atom. The van der Waals surface area contributed by atoms with E-state index < -0.39 is 40.5 Å². The van der Waals surface area contributed by atoms with Crippen molar-refractivity contribution in [1.82, 2.24) is 0 Å². The predicted octanol–water partition coefficient (Wildman–Crippen LogP) is 1.60. The van der Waals surface area contributed by atoms with E-state index in [1.807, 2.05) is 0 Å². The summed E-state index contributed by atoms with van der Waals surface area (Å²) in [4.78, 5) is 21.7. The lowest BCUT2D eigenvalue weighted by atomic mass is 10.1. The van der Waals surface area contributed by atoms with Crippen LogP contribution in [0.3, 0.4) is 0 Å². The number of carbonyl (C=O) groups is 2. The van der Waals surface area contributed by atoms with E-state index >= 15 is 0 Å². The van der Waals surface area contributed by atoms with E-state index in [4.69, 9.17) is 30.6 Å². The second-order valence-electron chi connectivity index (χ2n) is 4.77. The lowest BCUT2D eigenvalue weighted by Gasteiger charge is -2.03. The van der Waals surface area contributed by atoms with Gasteiger partial charge in [-0.25, -0.2) is 4.79 Å². The Morgan fingerprint density at radius 2 is 1.04 bits per heavy atom. The monoisotopic (exact) mass is 352 g/mol. The van der Waals surface area contributed by atoms with Gasteiger partial charge in [-0.1, -0.05) is 0 Å². The van der Waals surface area contributed by atoms with Gasteiger partial charge in [-0.15, -0.1) is 0 Å². The summed E-state index contributed by atoms with van der Waals surface area (Å²) < 4.78 is 4.34. The number of ketones is 1. The number of aromatic hydroxyl groups is 6. The van der Waals surface area contributed by atoms with Gasteiger partial charge < -0.3 is 35.4 Å². The molecule has 0 aromatic heterocycles. The number of phenolic OH excluding ortho intramolecular Hbond substituents is 6. The molecule has 2 rings (SSSR count). The standard InChI is InChI=1S/C8H8O5.C8H8O4/c1-13-8(12)4-2-5(9)7(11)6(10)3-4;1-4(9)5-2-6(10)8(12)7(11)3-5/h2-3,9-11H,1H3;2-3,10-12H,1H3. The maximum absolute atomic E-state index is 10.9. The van der Waals surface area contributed by atoms with Gasteiger partial charge in [0.05, 0.1) is 12.7 Å². The summed E-state index contributed by atoms with van der Waals surface area (Å²) in [5.41, 5.74) is 0.123. The van der Waals surface area contributed by atoms with Crippen molar-refractivity contribution in [2.45, 2.75) is 6.92 Å². The van der Waals surface area contributed by atoms with E-state index in [9.17, 15) is 9.59 Å². The summed E-state index contributed by atoms with van der Waals surface area (Å²) in [5, 5.41) is 53.8. The Bertz CT molecular complexity index is 765. The molecule has 25 heavy (non-hydrogen) atoms. The van der Waals surface area contributed by atoms with Crippen LogP contribution in [0.25, 0.3) is 0 Å². The van der Waals surface area contributed by atoms with Gasteiger partial charge >= 0.3 is 5.97 Å². The van der Waals surface area contributed by atoms with Gasteiger partial charge in [0.1, 0.15) is 0 Å². The third kappa shape index (κ3) is 4.67. The highest BCUT2D eigenvalue weighted by atomic mass is 16.5. The molecule has 0 spiro atoms. The van der Waals surface area contributed by atoms with Gasteiger partial charge in [-0.2, -0.15) is 0 Å². The quantitative estimate of drug-likeness (QED) is 0.267. The molecule has 9 heteroatoms. The van der Waals surface area contributed by atoms with Crippen molar-refractivity contribution in [3.05, 3.63) is 35.4 Å². The number of esters is 1. The van der Waals surface area contributed by atoms with Gasteiger partial charge in [-0.05, 0) is 31.2 Å². The minimum atomic E-state index is -0.703. The third-order valence-electron chi connectivity index (χ3n) is 2.97. The number of rotatable bonds is 2. The first-order chi connectivity index (χ1) is 11.6. The topological polar surface area (TPSA) is 165 Å². The van der Waals surface area contributed by atoms with Crippen LogP contribution < -0.4 is 0 Å². The molecule has 0 saturated carbocycles. The van der Waals surface area contributed by atoms with E-state index in [1.54, 1.807) is 0 Å². The van der Waals surface area contributed by atoms with Crippen LogP contribution in [0.4, 0.5) is 0 Å². The van der Waals surface area contributed by atoms with Crippen LogP contribution in [0.1, 0.15) is 27.6 Å². The predicted molar refractivity (Wildman–Crippen MR) is 84.2 cm³/mol. The zero-order valence-corrected chi connectivity index (χ0v) is 13.2. The highest BCUT2D eigenvalue weighted by molar-refractivity contribution is 5.95. The maximum Gasteiger partial charge on any atom is 0.338 e. The Balaban J connectivity index is 0.000000251. The molecule has 0 bridgehead atoms. The number of methoxy groups -OCH3 is 1. The number of hydrogen-bond acceptors (Lipinski definition) is 9. The lowest BCUT2D eigenvalue weighted by Crippen LogP contribution is -2.00. The maximum atomic E-state index is 10.9. The first kappa shape index (κ1) is 19.4. The molecule has 9 nitrogen and oxygen atoms in total. The van der Waals surface area contributed by atoms with Crippen molar-refractivity contribution < 1.29 is 45.0 Å². The lowest BCUT2D eigenvalue weighted by molar-refractivity contribution is 0.0599. The number of carbonyl (C=O) groups excluding carboxylic acids is 2. The minimum absolute atomic E-state index is 0.0321. The molecule has 134 valence electrons. The molecule has 0 heterocycles. The average Bonchev–Trinajstić information content (AvgIpc) is 2.56. The fourth-order valence-electron chi connectivity index (χ4n) is 1.65. The molecular formula is C16H16O9. The number of ether oxygens (including phenoxy) is 1. The van der Waals surface area contributed by atoms with E-state index in [2.05, 4.69) is 4.74 Å². The molecule has 2 aromatic carbocycles. The van der Waals surface area contributed by atoms with Crippen LogP contribution >= 0.6 is 0 Å². The van der Waals surface area contributed by atoms with Crippen LogP contribution in [-0.4, -0.2) is 49.5 Å². The molecule has 0 aliphatic heterocycles. The molecular weight excluding hydrogens is 336 g/mol. The summed E-state index contributed by atoms with van der Waals surface area (Å²) in [6.45, 7) is 1.30. The minimum Gasteiger partial charge on any atom is -0.504 e. The zero-order chi connectivity index (χ0) is 19.3. The number of Topliss-reactive ketones (excluding diaryl/α,β-unsaturated/α-hetero) is 1. The Morgan fingerprint density at radius 1 is 0.720 bits per heavy atom. The summed E-state index contributed by atoms with van der Waals surface area (Å²) in [6.07, 6.45) is 0. The average molecular weight is 352 g/mol. The van der Waals surface area contributed by atoms with Gasteiger partial charge in [0.25, 0.3) is 0 Å². The van der Waals surface area contributed by atoms with Crippen molar-refractivity contribution in [3.8, 4) is 34.5 Å². The highest BCUT2D eigenvalue weighted by Gasteiger charge is 2.13. The smallest absolute Gasteiger partial charge is 0.338 e. The van der Waals surface area contributed by atoms with Gasteiger partial charge in [0.15, 0.2) is 40.3 Å².